The smallest absolute Gasteiger partial charge is 0.223 e. The average Bonchev–Trinajstić information content (AvgIpc) is 2.99. The molecule has 1 aliphatic heterocycles. The maximum Gasteiger partial charge on any atom is 0.223 e. The summed E-state index contributed by atoms with van der Waals surface area (Å²) < 4.78 is 5.12. The average molecular weight is 341 g/mol. The van der Waals surface area contributed by atoms with Crippen LogP contribution in [0.4, 0.5) is 0 Å². The van der Waals surface area contributed by atoms with E-state index in [2.05, 4.69) is 10.2 Å². The monoisotopic (exact) mass is 340 g/mol. The maximum absolute atomic E-state index is 12.0. The van der Waals surface area contributed by atoms with Gasteiger partial charge in [-0.1, -0.05) is 23.7 Å². The van der Waals surface area contributed by atoms with Gasteiger partial charge >= 0.3 is 0 Å². The van der Waals surface area contributed by atoms with Crippen LogP contribution in [0.5, 0.6) is 0 Å². The first-order valence-corrected chi connectivity index (χ1v) is 8.41. The molecule has 0 saturated carbocycles. The van der Waals surface area contributed by atoms with Crippen molar-refractivity contribution in [2.45, 2.75) is 31.4 Å². The normalized spacial score (nSPS) is 19.7. The van der Waals surface area contributed by atoms with Crippen molar-refractivity contribution in [3.05, 3.63) is 34.9 Å². The van der Waals surface area contributed by atoms with Crippen LogP contribution in [-0.4, -0.2) is 55.3 Å². The third-order valence-electron chi connectivity index (χ3n) is 4.25. The first-order valence-electron chi connectivity index (χ1n) is 8.03. The summed E-state index contributed by atoms with van der Waals surface area (Å²) in [6, 6.07) is 7.27. The second kappa shape index (κ2) is 9.23. The number of aliphatic hydroxyl groups excluding tert-OH is 1. The zero-order chi connectivity index (χ0) is 16.7. The van der Waals surface area contributed by atoms with Crippen LogP contribution in [0.15, 0.2) is 24.3 Å². The standard InChI is InChI=1S/C17H25ClN2O3/c1-23-10-9-20-8-2-3-15(20)12-19-17(22)11-16(21)13-4-6-14(18)7-5-13/h4-7,15-16,21H,2-3,8-12H2,1H3,(H,19,22). The van der Waals surface area contributed by atoms with E-state index in [1.54, 1.807) is 31.4 Å². The molecule has 6 heteroatoms. The van der Waals surface area contributed by atoms with E-state index in [1.165, 1.54) is 0 Å². The second-order valence-corrected chi connectivity index (χ2v) is 6.34. The molecule has 0 radical (unpaired) electrons. The fourth-order valence-electron chi connectivity index (χ4n) is 2.91. The minimum absolute atomic E-state index is 0.0619. The Labute approximate surface area is 142 Å². The number of benzene rings is 1. The molecular weight excluding hydrogens is 316 g/mol. The summed E-state index contributed by atoms with van der Waals surface area (Å²) in [5.74, 6) is -0.133. The molecule has 1 saturated heterocycles. The number of likely N-dealkylation sites (tertiary alicyclic amines) is 1. The van der Waals surface area contributed by atoms with Crippen molar-refractivity contribution in [1.82, 2.24) is 10.2 Å². The van der Waals surface area contributed by atoms with Gasteiger partial charge in [-0.15, -0.1) is 0 Å². The summed E-state index contributed by atoms with van der Waals surface area (Å²) >= 11 is 5.82. The molecule has 0 spiro atoms. The molecule has 0 bridgehead atoms. The first-order chi connectivity index (χ1) is 11.1. The molecule has 1 aromatic rings. The number of hydrogen-bond donors (Lipinski definition) is 2. The number of aliphatic hydroxyl groups is 1. The fraction of sp³-hybridized carbons (Fsp3) is 0.588. The number of amides is 1. The van der Waals surface area contributed by atoms with E-state index in [0.29, 0.717) is 29.8 Å². The van der Waals surface area contributed by atoms with Crippen LogP contribution in [0.3, 0.4) is 0 Å². The van der Waals surface area contributed by atoms with Crippen LogP contribution in [0.2, 0.25) is 5.02 Å². The molecule has 0 aliphatic carbocycles. The summed E-state index contributed by atoms with van der Waals surface area (Å²) in [6.45, 7) is 3.28. The Bertz CT molecular complexity index is 495. The van der Waals surface area contributed by atoms with Gasteiger partial charge in [-0.2, -0.15) is 0 Å². The number of hydrogen-bond acceptors (Lipinski definition) is 4. The number of methoxy groups -OCH3 is 1. The van der Waals surface area contributed by atoms with Crippen LogP contribution in [0, 0.1) is 0 Å². The van der Waals surface area contributed by atoms with Gasteiger partial charge in [0.25, 0.3) is 0 Å². The molecule has 2 N–H and O–H groups in total. The minimum atomic E-state index is -0.805. The third-order valence-corrected chi connectivity index (χ3v) is 4.50. The molecule has 2 unspecified atom stereocenters. The van der Waals surface area contributed by atoms with Crippen molar-refractivity contribution in [2.24, 2.45) is 0 Å². The molecule has 1 amide bonds. The lowest BCUT2D eigenvalue weighted by molar-refractivity contribution is -0.123. The van der Waals surface area contributed by atoms with Crippen molar-refractivity contribution in [2.75, 3.05) is 33.4 Å². The number of carbonyl (C=O) groups is 1. The lowest BCUT2D eigenvalue weighted by Crippen LogP contribution is -2.41. The predicted molar refractivity (Wildman–Crippen MR) is 90.5 cm³/mol. The number of halogens is 1. The Hall–Kier alpha value is -1.14. The molecule has 128 valence electrons. The minimum Gasteiger partial charge on any atom is -0.388 e. The molecule has 0 aromatic heterocycles. The van der Waals surface area contributed by atoms with E-state index in [4.69, 9.17) is 16.3 Å². The Balaban J connectivity index is 1.75. The Morgan fingerprint density at radius 2 is 2.22 bits per heavy atom. The molecule has 23 heavy (non-hydrogen) atoms. The van der Waals surface area contributed by atoms with Crippen LogP contribution >= 0.6 is 11.6 Å². The summed E-state index contributed by atoms with van der Waals surface area (Å²) in [7, 11) is 1.70. The number of nitrogens with one attached hydrogen (secondary N) is 1. The van der Waals surface area contributed by atoms with Gasteiger partial charge in [-0.25, -0.2) is 0 Å². The van der Waals surface area contributed by atoms with E-state index >= 15 is 0 Å². The third kappa shape index (κ3) is 5.77. The van der Waals surface area contributed by atoms with Crippen molar-refractivity contribution in [3.63, 3.8) is 0 Å². The van der Waals surface area contributed by atoms with E-state index in [1.807, 2.05) is 0 Å². The van der Waals surface area contributed by atoms with Gasteiger partial charge in [-0.05, 0) is 37.1 Å². The van der Waals surface area contributed by atoms with Gasteiger partial charge in [-0.3, -0.25) is 9.69 Å². The number of nitrogens with zero attached hydrogens (tertiary/aromatic N) is 1. The molecule has 1 fully saturated rings. The summed E-state index contributed by atoms with van der Waals surface area (Å²) in [4.78, 5) is 14.4. The van der Waals surface area contributed by atoms with Gasteiger partial charge in [0, 0.05) is 31.3 Å². The number of rotatable bonds is 8. The highest BCUT2D eigenvalue weighted by Crippen LogP contribution is 2.19. The highest BCUT2D eigenvalue weighted by atomic mass is 35.5. The Kier molecular flexibility index (Phi) is 7.30. The lowest BCUT2D eigenvalue weighted by atomic mass is 10.1. The molecule has 1 heterocycles. The molecule has 1 aliphatic rings. The highest BCUT2D eigenvalue weighted by Gasteiger charge is 2.24. The summed E-state index contributed by atoms with van der Waals surface area (Å²) in [5, 5.41) is 13.7. The van der Waals surface area contributed by atoms with E-state index in [9.17, 15) is 9.90 Å². The predicted octanol–water partition coefficient (Wildman–Crippen LogP) is 1.99. The summed E-state index contributed by atoms with van der Waals surface area (Å²) in [6.07, 6.45) is 1.49. The summed E-state index contributed by atoms with van der Waals surface area (Å²) in [5.41, 5.74) is 0.701. The number of ether oxygens (including phenoxy) is 1. The van der Waals surface area contributed by atoms with Gasteiger partial charge in [0.05, 0.1) is 19.1 Å². The molecule has 2 atom stereocenters. The van der Waals surface area contributed by atoms with Gasteiger partial charge in [0.1, 0.15) is 0 Å². The first kappa shape index (κ1) is 18.2. The molecule has 5 nitrogen and oxygen atoms in total. The largest absolute Gasteiger partial charge is 0.388 e. The van der Waals surface area contributed by atoms with Crippen LogP contribution in [-0.2, 0) is 9.53 Å². The van der Waals surface area contributed by atoms with Crippen molar-refractivity contribution in [3.8, 4) is 0 Å². The second-order valence-electron chi connectivity index (χ2n) is 5.90. The lowest BCUT2D eigenvalue weighted by Gasteiger charge is -2.24. The SMILES string of the molecule is COCCN1CCCC1CNC(=O)CC(O)c1ccc(Cl)cc1. The van der Waals surface area contributed by atoms with E-state index in [-0.39, 0.29) is 12.3 Å². The van der Waals surface area contributed by atoms with Gasteiger partial charge in [0.15, 0.2) is 0 Å². The number of carbonyl (C=O) groups excluding carboxylic acids is 1. The van der Waals surface area contributed by atoms with Crippen LogP contribution in [0.1, 0.15) is 30.9 Å². The maximum atomic E-state index is 12.0. The quantitative estimate of drug-likeness (QED) is 0.759. The molecule has 1 aromatic carbocycles. The van der Waals surface area contributed by atoms with Crippen molar-refractivity contribution >= 4 is 17.5 Å². The van der Waals surface area contributed by atoms with E-state index in [0.717, 1.165) is 25.9 Å². The fourth-order valence-corrected chi connectivity index (χ4v) is 3.04. The van der Waals surface area contributed by atoms with Crippen LogP contribution < -0.4 is 5.32 Å². The molecule has 2 rings (SSSR count). The van der Waals surface area contributed by atoms with Crippen molar-refractivity contribution in [1.29, 1.82) is 0 Å². The van der Waals surface area contributed by atoms with Crippen LogP contribution in [0.25, 0.3) is 0 Å². The van der Waals surface area contributed by atoms with Crippen molar-refractivity contribution < 1.29 is 14.6 Å². The zero-order valence-corrected chi connectivity index (χ0v) is 14.3. The highest BCUT2D eigenvalue weighted by molar-refractivity contribution is 6.30. The molecular formula is C17H25ClN2O3. The topological polar surface area (TPSA) is 61.8 Å². The Morgan fingerprint density at radius 3 is 2.91 bits per heavy atom. The van der Waals surface area contributed by atoms with Gasteiger partial charge < -0.3 is 15.2 Å². The Morgan fingerprint density at radius 1 is 1.48 bits per heavy atom. The zero-order valence-electron chi connectivity index (χ0n) is 13.5. The van der Waals surface area contributed by atoms with Gasteiger partial charge in [0.2, 0.25) is 5.91 Å². The van der Waals surface area contributed by atoms with E-state index < -0.39 is 6.10 Å².